The summed E-state index contributed by atoms with van der Waals surface area (Å²) in [5.41, 5.74) is 0.434. The van der Waals surface area contributed by atoms with Crippen LogP contribution in [0.5, 0.6) is 0 Å². The molecule has 4 nitrogen and oxygen atoms in total. The summed E-state index contributed by atoms with van der Waals surface area (Å²) in [4.78, 5) is -0.00697. The highest BCUT2D eigenvalue weighted by Gasteiger charge is 2.20. The number of halogens is 2. The van der Waals surface area contributed by atoms with Crippen molar-refractivity contribution in [3.8, 4) is 0 Å². The van der Waals surface area contributed by atoms with Gasteiger partial charge in [-0.25, -0.2) is 13.6 Å². The number of anilines is 1. The van der Waals surface area contributed by atoms with E-state index in [2.05, 4.69) is 5.32 Å². The van der Waals surface area contributed by atoms with E-state index in [0.717, 1.165) is 25.7 Å². The average molecular weight is 323 g/mol. The molecule has 0 heterocycles. The van der Waals surface area contributed by atoms with Gasteiger partial charge in [0.05, 0.1) is 15.7 Å². The van der Waals surface area contributed by atoms with Gasteiger partial charge < -0.3 is 5.32 Å². The molecular weight excluding hydrogens is 307 g/mol. The standard InChI is InChI=1S/C12H16Cl2N2O2S/c13-9-6-11(16-8-4-2-1-3-5-8)12(7-10(9)14)19(15,17)18/h6-8,16H,1-5H2,(H2,15,17,18). The highest BCUT2D eigenvalue weighted by atomic mass is 35.5. The lowest BCUT2D eigenvalue weighted by Gasteiger charge is -2.25. The lowest BCUT2D eigenvalue weighted by Crippen LogP contribution is -2.24. The molecule has 1 aromatic rings. The minimum absolute atomic E-state index is 0.00697. The van der Waals surface area contributed by atoms with E-state index in [0.29, 0.717) is 10.7 Å². The maximum absolute atomic E-state index is 11.6. The zero-order valence-corrected chi connectivity index (χ0v) is 12.7. The third kappa shape index (κ3) is 3.75. The number of rotatable bonds is 3. The third-order valence-corrected chi connectivity index (χ3v) is 4.97. The molecular formula is C12H16Cl2N2O2S. The van der Waals surface area contributed by atoms with Gasteiger partial charge in [-0.1, -0.05) is 42.5 Å². The molecule has 1 saturated carbocycles. The summed E-state index contributed by atoms with van der Waals surface area (Å²) in [5.74, 6) is 0. The second-order valence-corrected chi connectivity index (χ2v) is 7.13. The first-order valence-corrected chi connectivity index (χ1v) is 8.46. The lowest BCUT2D eigenvalue weighted by molar-refractivity contribution is 0.462. The molecule has 106 valence electrons. The van der Waals surface area contributed by atoms with Crippen LogP contribution in [0.25, 0.3) is 0 Å². The van der Waals surface area contributed by atoms with Gasteiger partial charge in [-0.3, -0.25) is 0 Å². The Hall–Kier alpha value is -0.490. The molecule has 1 aliphatic rings. The first-order chi connectivity index (χ1) is 8.88. The second kappa shape index (κ2) is 5.87. The molecule has 1 aromatic carbocycles. The van der Waals surface area contributed by atoms with Crippen LogP contribution in [0, 0.1) is 0 Å². The van der Waals surface area contributed by atoms with Gasteiger partial charge in [0, 0.05) is 6.04 Å². The minimum atomic E-state index is -3.83. The van der Waals surface area contributed by atoms with E-state index in [-0.39, 0.29) is 16.0 Å². The second-order valence-electron chi connectivity index (χ2n) is 4.79. The molecule has 0 atom stereocenters. The Morgan fingerprint density at radius 1 is 1.11 bits per heavy atom. The molecule has 19 heavy (non-hydrogen) atoms. The van der Waals surface area contributed by atoms with Crippen LogP contribution < -0.4 is 10.5 Å². The summed E-state index contributed by atoms with van der Waals surface area (Å²) in [6.45, 7) is 0. The monoisotopic (exact) mass is 322 g/mol. The molecule has 1 fully saturated rings. The van der Waals surface area contributed by atoms with E-state index in [1.807, 2.05) is 0 Å². The van der Waals surface area contributed by atoms with Crippen molar-refractivity contribution >= 4 is 38.9 Å². The number of hydrogen-bond donors (Lipinski definition) is 2. The van der Waals surface area contributed by atoms with Gasteiger partial charge in [0.1, 0.15) is 4.90 Å². The fourth-order valence-corrected chi connectivity index (χ4v) is 3.44. The van der Waals surface area contributed by atoms with Gasteiger partial charge in [-0.2, -0.15) is 0 Å². The first kappa shape index (κ1) is 14.9. The van der Waals surface area contributed by atoms with Crippen LogP contribution in [0.3, 0.4) is 0 Å². The van der Waals surface area contributed by atoms with Gasteiger partial charge in [-0.05, 0) is 25.0 Å². The molecule has 0 aliphatic heterocycles. The smallest absolute Gasteiger partial charge is 0.240 e. The summed E-state index contributed by atoms with van der Waals surface area (Å²) in [5, 5.41) is 8.93. The van der Waals surface area contributed by atoms with E-state index in [1.54, 1.807) is 0 Å². The molecule has 0 saturated heterocycles. The number of sulfonamides is 1. The van der Waals surface area contributed by atoms with Gasteiger partial charge in [-0.15, -0.1) is 0 Å². The fourth-order valence-electron chi connectivity index (χ4n) is 2.34. The summed E-state index contributed by atoms with van der Waals surface area (Å²) < 4.78 is 23.2. The molecule has 2 rings (SSSR count). The summed E-state index contributed by atoms with van der Waals surface area (Å²) in [6, 6.07) is 3.08. The first-order valence-electron chi connectivity index (χ1n) is 6.16. The van der Waals surface area contributed by atoms with Gasteiger partial charge in [0.25, 0.3) is 0 Å². The van der Waals surface area contributed by atoms with Crippen molar-refractivity contribution in [2.24, 2.45) is 5.14 Å². The number of benzene rings is 1. The molecule has 0 aromatic heterocycles. The number of nitrogens with two attached hydrogens (primary N) is 1. The van der Waals surface area contributed by atoms with E-state index in [1.165, 1.54) is 18.6 Å². The third-order valence-electron chi connectivity index (χ3n) is 3.29. The van der Waals surface area contributed by atoms with Crippen molar-refractivity contribution in [1.29, 1.82) is 0 Å². The van der Waals surface area contributed by atoms with Crippen molar-refractivity contribution in [2.75, 3.05) is 5.32 Å². The summed E-state index contributed by atoms with van der Waals surface area (Å²) in [7, 11) is -3.83. The predicted molar refractivity (Wildman–Crippen MR) is 78.3 cm³/mol. The lowest BCUT2D eigenvalue weighted by atomic mass is 9.95. The summed E-state index contributed by atoms with van der Waals surface area (Å²) >= 11 is 11.8. The zero-order chi connectivity index (χ0) is 14.0. The highest BCUT2D eigenvalue weighted by Crippen LogP contribution is 2.33. The molecule has 7 heteroatoms. The van der Waals surface area contributed by atoms with E-state index < -0.39 is 10.0 Å². The Bertz CT molecular complexity index is 569. The maximum atomic E-state index is 11.6. The van der Waals surface area contributed by atoms with Crippen molar-refractivity contribution in [3.63, 3.8) is 0 Å². The van der Waals surface area contributed by atoms with E-state index in [4.69, 9.17) is 28.3 Å². The Morgan fingerprint density at radius 3 is 2.26 bits per heavy atom. The quantitative estimate of drug-likeness (QED) is 0.895. The number of nitrogens with one attached hydrogen (secondary N) is 1. The van der Waals surface area contributed by atoms with Gasteiger partial charge in [0.2, 0.25) is 10.0 Å². The Labute approximate surface area is 123 Å². The van der Waals surface area contributed by atoms with Crippen LogP contribution in [0.2, 0.25) is 10.0 Å². The zero-order valence-electron chi connectivity index (χ0n) is 10.3. The molecule has 0 bridgehead atoms. The van der Waals surface area contributed by atoms with Gasteiger partial charge >= 0.3 is 0 Å². The van der Waals surface area contributed by atoms with Crippen LogP contribution >= 0.6 is 23.2 Å². The number of primary sulfonamides is 1. The molecule has 3 N–H and O–H groups in total. The van der Waals surface area contributed by atoms with Crippen LogP contribution in [0.4, 0.5) is 5.69 Å². The molecule has 1 aliphatic carbocycles. The SMILES string of the molecule is NS(=O)(=O)c1cc(Cl)c(Cl)cc1NC1CCCCC1. The van der Waals surface area contributed by atoms with Crippen LogP contribution in [-0.4, -0.2) is 14.5 Å². The minimum Gasteiger partial charge on any atom is -0.381 e. The van der Waals surface area contributed by atoms with Crippen LogP contribution in [0.15, 0.2) is 17.0 Å². The van der Waals surface area contributed by atoms with Crippen LogP contribution in [-0.2, 0) is 10.0 Å². The Balaban J connectivity index is 2.34. The molecule has 0 radical (unpaired) electrons. The topological polar surface area (TPSA) is 72.2 Å². The molecule has 0 unspecified atom stereocenters. The van der Waals surface area contributed by atoms with E-state index >= 15 is 0 Å². The van der Waals surface area contributed by atoms with Crippen molar-refractivity contribution in [3.05, 3.63) is 22.2 Å². The van der Waals surface area contributed by atoms with Gasteiger partial charge in [0.15, 0.2) is 0 Å². The largest absolute Gasteiger partial charge is 0.381 e. The number of hydrogen-bond acceptors (Lipinski definition) is 3. The molecule has 0 amide bonds. The average Bonchev–Trinajstić information content (AvgIpc) is 2.33. The normalized spacial score (nSPS) is 17.4. The van der Waals surface area contributed by atoms with E-state index in [9.17, 15) is 8.42 Å². The fraction of sp³-hybridized carbons (Fsp3) is 0.500. The Kier molecular flexibility index (Phi) is 4.61. The highest BCUT2D eigenvalue weighted by molar-refractivity contribution is 7.89. The van der Waals surface area contributed by atoms with Crippen molar-refractivity contribution < 1.29 is 8.42 Å². The molecule has 0 spiro atoms. The maximum Gasteiger partial charge on any atom is 0.240 e. The van der Waals surface area contributed by atoms with Crippen molar-refractivity contribution in [2.45, 2.75) is 43.0 Å². The summed E-state index contributed by atoms with van der Waals surface area (Å²) in [6.07, 6.45) is 5.55. The Morgan fingerprint density at radius 2 is 1.68 bits per heavy atom. The van der Waals surface area contributed by atoms with Crippen LogP contribution in [0.1, 0.15) is 32.1 Å². The van der Waals surface area contributed by atoms with Crippen molar-refractivity contribution in [1.82, 2.24) is 0 Å². The predicted octanol–water partition coefficient (Wildman–Crippen LogP) is 3.39.